The van der Waals surface area contributed by atoms with E-state index in [4.69, 9.17) is 0 Å². The van der Waals surface area contributed by atoms with Gasteiger partial charge in [-0.1, -0.05) is 39.0 Å². The van der Waals surface area contributed by atoms with E-state index in [2.05, 4.69) is 33.0 Å². The first-order valence-corrected chi connectivity index (χ1v) is 7.88. The van der Waals surface area contributed by atoms with Gasteiger partial charge in [0.1, 0.15) is 5.75 Å². The second-order valence-electron chi connectivity index (χ2n) is 7.80. The van der Waals surface area contributed by atoms with Crippen LogP contribution in [0.5, 0.6) is 5.75 Å². The van der Waals surface area contributed by atoms with Crippen molar-refractivity contribution in [2.24, 2.45) is 16.7 Å². The highest BCUT2D eigenvalue weighted by atomic mass is 16.3. The standard InChI is InChI=1S/C18H27NO/c1-12(14-7-5-6-8-15(14)20)19-16-17(2,3)13-9-10-18(16,4)11-13/h5-8,12-13,16,19-20H,9-11H2,1-4H3. The summed E-state index contributed by atoms with van der Waals surface area (Å²) in [6.45, 7) is 9.44. The number of nitrogens with one attached hydrogen (secondary N) is 1. The Bertz CT molecular complexity index is 505. The Hall–Kier alpha value is -1.02. The van der Waals surface area contributed by atoms with Crippen molar-refractivity contribution >= 4 is 0 Å². The summed E-state index contributed by atoms with van der Waals surface area (Å²) in [5, 5.41) is 13.9. The van der Waals surface area contributed by atoms with Gasteiger partial charge >= 0.3 is 0 Å². The van der Waals surface area contributed by atoms with Crippen molar-refractivity contribution in [1.29, 1.82) is 0 Å². The minimum absolute atomic E-state index is 0.191. The number of hydrogen-bond donors (Lipinski definition) is 2. The van der Waals surface area contributed by atoms with Crippen LogP contribution in [0.25, 0.3) is 0 Å². The summed E-state index contributed by atoms with van der Waals surface area (Å²) in [5.41, 5.74) is 1.79. The molecule has 0 radical (unpaired) electrons. The fraction of sp³-hybridized carbons (Fsp3) is 0.667. The highest BCUT2D eigenvalue weighted by Gasteiger charge is 2.59. The van der Waals surface area contributed by atoms with E-state index >= 15 is 0 Å². The molecule has 110 valence electrons. The molecule has 2 aliphatic rings. The van der Waals surface area contributed by atoms with Gasteiger partial charge in [-0.25, -0.2) is 0 Å². The third-order valence-electron chi connectivity index (χ3n) is 6.09. The molecule has 0 spiro atoms. The number of benzene rings is 1. The van der Waals surface area contributed by atoms with Gasteiger partial charge in [-0.15, -0.1) is 0 Å². The largest absolute Gasteiger partial charge is 0.508 e. The molecule has 0 aromatic heterocycles. The molecule has 2 aliphatic carbocycles. The maximum Gasteiger partial charge on any atom is 0.120 e. The third kappa shape index (κ3) is 1.96. The molecule has 2 nitrogen and oxygen atoms in total. The van der Waals surface area contributed by atoms with Crippen LogP contribution in [0.2, 0.25) is 0 Å². The second kappa shape index (κ2) is 4.49. The lowest BCUT2D eigenvalue weighted by molar-refractivity contribution is 0.0999. The molecule has 0 heterocycles. The van der Waals surface area contributed by atoms with E-state index in [0.717, 1.165) is 11.5 Å². The van der Waals surface area contributed by atoms with Crippen LogP contribution in [0.15, 0.2) is 24.3 Å². The molecule has 2 heteroatoms. The first-order chi connectivity index (χ1) is 9.34. The molecule has 0 amide bonds. The van der Waals surface area contributed by atoms with Gasteiger partial charge in [0.05, 0.1) is 0 Å². The third-order valence-corrected chi connectivity index (χ3v) is 6.09. The topological polar surface area (TPSA) is 32.3 Å². The molecule has 2 fully saturated rings. The van der Waals surface area contributed by atoms with E-state index in [1.807, 2.05) is 18.2 Å². The summed E-state index contributed by atoms with van der Waals surface area (Å²) in [5.74, 6) is 1.25. The van der Waals surface area contributed by atoms with Crippen LogP contribution < -0.4 is 5.32 Å². The Morgan fingerprint density at radius 2 is 1.95 bits per heavy atom. The molecule has 1 aromatic rings. The number of rotatable bonds is 3. The van der Waals surface area contributed by atoms with E-state index in [-0.39, 0.29) is 6.04 Å². The first-order valence-electron chi connectivity index (χ1n) is 7.88. The van der Waals surface area contributed by atoms with Gasteiger partial charge in [0.2, 0.25) is 0 Å². The highest BCUT2D eigenvalue weighted by molar-refractivity contribution is 5.34. The lowest BCUT2D eigenvalue weighted by Gasteiger charge is -2.44. The van der Waals surface area contributed by atoms with Gasteiger partial charge in [-0.2, -0.15) is 0 Å². The first kappa shape index (κ1) is 13.9. The summed E-state index contributed by atoms with van der Waals surface area (Å²) < 4.78 is 0. The molecule has 3 rings (SSSR count). The maximum atomic E-state index is 10.0. The van der Waals surface area contributed by atoms with Crippen LogP contribution in [-0.4, -0.2) is 11.1 Å². The Labute approximate surface area is 122 Å². The van der Waals surface area contributed by atoms with Crippen LogP contribution in [-0.2, 0) is 0 Å². The number of phenols is 1. The number of para-hydroxylation sites is 1. The van der Waals surface area contributed by atoms with Gasteiger partial charge in [-0.05, 0) is 49.0 Å². The van der Waals surface area contributed by atoms with E-state index in [0.29, 0.717) is 22.6 Å². The minimum atomic E-state index is 0.191. The zero-order valence-electron chi connectivity index (χ0n) is 13.1. The quantitative estimate of drug-likeness (QED) is 0.862. The summed E-state index contributed by atoms with van der Waals surface area (Å²) >= 11 is 0. The Balaban J connectivity index is 1.83. The molecule has 20 heavy (non-hydrogen) atoms. The minimum Gasteiger partial charge on any atom is -0.508 e. The van der Waals surface area contributed by atoms with Gasteiger partial charge in [0.15, 0.2) is 0 Å². The normalized spacial score (nSPS) is 36.2. The van der Waals surface area contributed by atoms with Gasteiger partial charge in [0, 0.05) is 17.6 Å². The second-order valence-corrected chi connectivity index (χ2v) is 7.80. The van der Waals surface area contributed by atoms with E-state index in [1.165, 1.54) is 19.3 Å². The number of hydrogen-bond acceptors (Lipinski definition) is 2. The molecule has 2 N–H and O–H groups in total. The maximum absolute atomic E-state index is 10.0. The molecule has 0 saturated heterocycles. The predicted octanol–water partition coefficient (Wildman–Crippen LogP) is 4.26. The molecule has 4 unspecified atom stereocenters. The fourth-order valence-corrected chi connectivity index (χ4v) is 4.91. The van der Waals surface area contributed by atoms with Crippen LogP contribution >= 0.6 is 0 Å². The van der Waals surface area contributed by atoms with E-state index in [1.54, 1.807) is 6.07 Å². The van der Waals surface area contributed by atoms with Crippen LogP contribution in [0.3, 0.4) is 0 Å². The molecular weight excluding hydrogens is 246 g/mol. The number of aromatic hydroxyl groups is 1. The molecule has 2 saturated carbocycles. The number of fused-ring (bicyclic) bond motifs is 2. The van der Waals surface area contributed by atoms with Gasteiger partial charge < -0.3 is 10.4 Å². The van der Waals surface area contributed by atoms with Crippen molar-refractivity contribution in [3.05, 3.63) is 29.8 Å². The Morgan fingerprint density at radius 1 is 1.25 bits per heavy atom. The Kier molecular flexibility index (Phi) is 3.13. The van der Waals surface area contributed by atoms with Crippen molar-refractivity contribution in [3.63, 3.8) is 0 Å². The van der Waals surface area contributed by atoms with E-state index < -0.39 is 0 Å². The lowest BCUT2D eigenvalue weighted by atomic mass is 9.68. The van der Waals surface area contributed by atoms with Gasteiger partial charge in [-0.3, -0.25) is 0 Å². The fourth-order valence-electron chi connectivity index (χ4n) is 4.91. The van der Waals surface area contributed by atoms with Crippen molar-refractivity contribution in [1.82, 2.24) is 5.32 Å². The number of phenolic OH excluding ortho intramolecular Hbond substituents is 1. The molecule has 2 bridgehead atoms. The van der Waals surface area contributed by atoms with Crippen molar-refractivity contribution in [2.75, 3.05) is 0 Å². The smallest absolute Gasteiger partial charge is 0.120 e. The molecule has 4 atom stereocenters. The van der Waals surface area contributed by atoms with Crippen LogP contribution in [0.4, 0.5) is 0 Å². The average molecular weight is 273 g/mol. The summed E-state index contributed by atoms with van der Waals surface area (Å²) in [4.78, 5) is 0. The van der Waals surface area contributed by atoms with E-state index in [9.17, 15) is 5.11 Å². The zero-order chi connectivity index (χ0) is 14.5. The summed E-state index contributed by atoms with van der Waals surface area (Å²) in [6, 6.07) is 8.41. The SMILES string of the molecule is CC(NC1C2(C)CCC(C2)C1(C)C)c1ccccc1O. The summed E-state index contributed by atoms with van der Waals surface area (Å²) in [7, 11) is 0. The molecular formula is C18H27NO. The van der Waals surface area contributed by atoms with Crippen LogP contribution in [0, 0.1) is 16.7 Å². The molecule has 1 aromatic carbocycles. The van der Waals surface area contributed by atoms with Crippen molar-refractivity contribution in [2.45, 2.75) is 59.0 Å². The van der Waals surface area contributed by atoms with Crippen molar-refractivity contribution < 1.29 is 5.11 Å². The monoisotopic (exact) mass is 273 g/mol. The molecule has 0 aliphatic heterocycles. The average Bonchev–Trinajstić information content (AvgIpc) is 2.86. The Morgan fingerprint density at radius 3 is 2.55 bits per heavy atom. The van der Waals surface area contributed by atoms with Crippen molar-refractivity contribution in [3.8, 4) is 5.75 Å². The van der Waals surface area contributed by atoms with Gasteiger partial charge in [0.25, 0.3) is 0 Å². The predicted molar refractivity (Wildman–Crippen MR) is 82.7 cm³/mol. The van der Waals surface area contributed by atoms with Crippen LogP contribution in [0.1, 0.15) is 58.6 Å². The lowest BCUT2D eigenvalue weighted by Crippen LogP contribution is -2.50. The zero-order valence-corrected chi connectivity index (χ0v) is 13.1. The summed E-state index contributed by atoms with van der Waals surface area (Å²) in [6.07, 6.45) is 4.07. The highest BCUT2D eigenvalue weighted by Crippen LogP contribution is 2.62.